The first-order chi connectivity index (χ1) is 18.8. The number of carbonyl (C=O) groups excluding carboxylic acids is 2. The van der Waals surface area contributed by atoms with Crippen LogP contribution in [0.15, 0.2) is 51.9 Å². The minimum Gasteiger partial charge on any atom is -0.444 e. The fourth-order valence-electron chi connectivity index (χ4n) is 4.09. The number of nitrogens with zero attached hydrogens (tertiary/aromatic N) is 3. The lowest BCUT2D eigenvalue weighted by molar-refractivity contribution is -0.137. The fraction of sp³-hybridized carbons (Fsp3) is 0.407. The van der Waals surface area contributed by atoms with Crippen LogP contribution in [0, 0.1) is 0 Å². The van der Waals surface area contributed by atoms with Crippen molar-refractivity contribution >= 4 is 45.7 Å². The van der Waals surface area contributed by atoms with Crippen LogP contribution in [0.5, 0.6) is 0 Å². The molecule has 4 rings (SSSR count). The van der Waals surface area contributed by atoms with Crippen molar-refractivity contribution in [2.45, 2.75) is 62.0 Å². The van der Waals surface area contributed by atoms with Crippen molar-refractivity contribution < 1.29 is 27.2 Å². The van der Waals surface area contributed by atoms with Gasteiger partial charge in [-0.3, -0.25) is 9.59 Å². The lowest BCUT2D eigenvalue weighted by Crippen LogP contribution is -2.45. The van der Waals surface area contributed by atoms with Crippen LogP contribution in [-0.4, -0.2) is 45.8 Å². The number of rotatable bonds is 8. The molecule has 1 atom stereocenters. The monoisotopic (exact) mass is 593 g/mol. The number of carbonyl (C=O) groups is 2. The lowest BCUT2D eigenvalue weighted by atomic mass is 9.94. The van der Waals surface area contributed by atoms with Gasteiger partial charge >= 0.3 is 6.18 Å². The molecule has 40 heavy (non-hydrogen) atoms. The van der Waals surface area contributed by atoms with Gasteiger partial charge in [-0.15, -0.1) is 11.3 Å². The number of benzene rings is 1. The smallest absolute Gasteiger partial charge is 0.418 e. The van der Waals surface area contributed by atoms with Crippen molar-refractivity contribution in [3.8, 4) is 0 Å². The van der Waals surface area contributed by atoms with Gasteiger partial charge in [0.1, 0.15) is 10.8 Å². The summed E-state index contributed by atoms with van der Waals surface area (Å²) in [6.45, 7) is 10.2. The van der Waals surface area contributed by atoms with E-state index in [9.17, 15) is 22.8 Å². The second kappa shape index (κ2) is 12.0. The van der Waals surface area contributed by atoms with Crippen molar-refractivity contribution in [1.29, 1.82) is 0 Å². The van der Waals surface area contributed by atoms with Crippen LogP contribution in [0.25, 0.3) is 0 Å². The normalized spacial score (nSPS) is 16.1. The highest BCUT2D eigenvalue weighted by atomic mass is 32.2. The highest BCUT2D eigenvalue weighted by molar-refractivity contribution is 7.98. The number of alkyl halides is 3. The first-order valence-electron chi connectivity index (χ1n) is 12.6. The third-order valence-corrected chi connectivity index (χ3v) is 7.99. The molecule has 1 fully saturated rings. The molecule has 0 spiro atoms. The standard InChI is InChI=1S/C27H30F3N5O3S2/c1-5-21(36)33-19-9-8-16(11-18(19)27(28,29)30)24(37)35-10-6-7-17(13-35)32-25-34-23(15-40-25)39-14-22-31-12-20(38-22)26(2,3)4/h5,8-9,11-12,15,17H,1,6-7,10,13-14H2,2-4H3,(H,32,34)(H,33,36)/t17-/m1/s1. The van der Waals surface area contributed by atoms with Crippen molar-refractivity contribution in [3.05, 3.63) is 65.2 Å². The number of oxazole rings is 1. The Labute approximate surface area is 238 Å². The molecule has 1 aromatic carbocycles. The first-order valence-corrected chi connectivity index (χ1v) is 14.4. The number of amides is 2. The molecule has 2 amide bonds. The van der Waals surface area contributed by atoms with Gasteiger partial charge in [-0.1, -0.05) is 39.1 Å². The Morgan fingerprint density at radius 3 is 2.75 bits per heavy atom. The average Bonchev–Trinajstić information content (AvgIpc) is 3.56. The fourth-order valence-corrected chi connectivity index (χ4v) is 5.78. The van der Waals surface area contributed by atoms with Crippen LogP contribution in [-0.2, 0) is 22.1 Å². The van der Waals surface area contributed by atoms with E-state index in [1.54, 1.807) is 6.20 Å². The molecular formula is C27H30F3N5O3S2. The quantitative estimate of drug-likeness (QED) is 0.225. The summed E-state index contributed by atoms with van der Waals surface area (Å²) < 4.78 is 46.8. The van der Waals surface area contributed by atoms with Crippen LogP contribution in [0.3, 0.4) is 0 Å². The summed E-state index contributed by atoms with van der Waals surface area (Å²) in [4.78, 5) is 35.2. The Balaban J connectivity index is 1.37. The summed E-state index contributed by atoms with van der Waals surface area (Å²) in [6.07, 6.45) is -0.648. The van der Waals surface area contributed by atoms with E-state index >= 15 is 0 Å². The van der Waals surface area contributed by atoms with Crippen molar-refractivity contribution in [3.63, 3.8) is 0 Å². The SMILES string of the molecule is C=CC(=O)Nc1ccc(C(=O)N2CCC[C@@H](Nc3nc(SCc4ncc(C(C)(C)C)o4)cs3)C2)cc1C(F)(F)F. The second-order valence-electron chi connectivity index (χ2n) is 10.3. The summed E-state index contributed by atoms with van der Waals surface area (Å²) in [5.74, 6) is 0.718. The van der Waals surface area contributed by atoms with Gasteiger partial charge in [-0.25, -0.2) is 9.97 Å². The lowest BCUT2D eigenvalue weighted by Gasteiger charge is -2.33. The van der Waals surface area contributed by atoms with Gasteiger partial charge in [0, 0.05) is 35.5 Å². The van der Waals surface area contributed by atoms with E-state index in [-0.39, 0.29) is 17.0 Å². The molecule has 0 saturated carbocycles. The van der Waals surface area contributed by atoms with E-state index in [0.717, 1.165) is 35.4 Å². The molecule has 2 aromatic heterocycles. The molecular weight excluding hydrogens is 563 g/mol. The number of hydrogen-bond donors (Lipinski definition) is 2. The Bertz CT molecular complexity index is 1380. The Morgan fingerprint density at radius 2 is 2.08 bits per heavy atom. The van der Waals surface area contributed by atoms with Crippen molar-refractivity contribution in [2.75, 3.05) is 23.7 Å². The van der Waals surface area contributed by atoms with Crippen LogP contribution in [0.2, 0.25) is 0 Å². The van der Waals surface area contributed by atoms with Gasteiger partial charge in [0.25, 0.3) is 5.91 Å². The highest BCUT2D eigenvalue weighted by Crippen LogP contribution is 2.36. The number of likely N-dealkylation sites (tertiary alicyclic amines) is 1. The van der Waals surface area contributed by atoms with E-state index in [0.29, 0.717) is 36.3 Å². The minimum absolute atomic E-state index is 0.0985. The predicted octanol–water partition coefficient (Wildman–Crippen LogP) is 6.58. The first kappa shape index (κ1) is 29.7. The summed E-state index contributed by atoms with van der Waals surface area (Å²) >= 11 is 2.95. The Hall–Kier alpha value is -3.32. The van der Waals surface area contributed by atoms with Gasteiger partial charge in [0.15, 0.2) is 5.13 Å². The molecule has 0 bridgehead atoms. The number of halogens is 3. The van der Waals surface area contributed by atoms with Crippen LogP contribution in [0.4, 0.5) is 24.0 Å². The summed E-state index contributed by atoms with van der Waals surface area (Å²) in [7, 11) is 0. The van der Waals surface area contributed by atoms with Gasteiger partial charge in [-0.05, 0) is 37.1 Å². The molecule has 0 radical (unpaired) electrons. The third-order valence-electron chi connectivity index (χ3n) is 6.17. The molecule has 1 aliphatic heterocycles. The van der Waals surface area contributed by atoms with E-state index in [4.69, 9.17) is 4.42 Å². The van der Waals surface area contributed by atoms with Gasteiger partial charge in [0.2, 0.25) is 11.8 Å². The third kappa shape index (κ3) is 7.45. The number of anilines is 2. The number of thioether (sulfide) groups is 1. The highest BCUT2D eigenvalue weighted by Gasteiger charge is 2.35. The van der Waals surface area contributed by atoms with Crippen LogP contribution in [0.1, 0.15) is 61.2 Å². The molecule has 3 aromatic rings. The van der Waals surface area contributed by atoms with Crippen molar-refractivity contribution in [1.82, 2.24) is 14.9 Å². The van der Waals surface area contributed by atoms with E-state index in [2.05, 4.69) is 48.0 Å². The van der Waals surface area contributed by atoms with Gasteiger partial charge < -0.3 is 20.0 Å². The van der Waals surface area contributed by atoms with E-state index < -0.39 is 29.2 Å². The summed E-state index contributed by atoms with van der Waals surface area (Å²) in [6, 6.07) is 3.06. The summed E-state index contributed by atoms with van der Waals surface area (Å²) in [5, 5.41) is 8.95. The number of piperidine rings is 1. The second-order valence-corrected chi connectivity index (χ2v) is 12.2. The Morgan fingerprint density at radius 1 is 1.30 bits per heavy atom. The largest absolute Gasteiger partial charge is 0.444 e. The maximum absolute atomic E-state index is 13.7. The maximum Gasteiger partial charge on any atom is 0.418 e. The molecule has 0 aliphatic carbocycles. The number of thiazole rings is 1. The topological polar surface area (TPSA) is 100 Å². The maximum atomic E-state index is 13.7. The zero-order chi connectivity index (χ0) is 29.1. The molecule has 214 valence electrons. The minimum atomic E-state index is -4.76. The van der Waals surface area contributed by atoms with Crippen molar-refractivity contribution in [2.24, 2.45) is 0 Å². The zero-order valence-electron chi connectivity index (χ0n) is 22.3. The van der Waals surface area contributed by atoms with E-state index in [1.165, 1.54) is 34.1 Å². The predicted molar refractivity (Wildman–Crippen MR) is 150 cm³/mol. The summed E-state index contributed by atoms with van der Waals surface area (Å²) in [5.41, 5.74) is -1.73. The van der Waals surface area contributed by atoms with Crippen LogP contribution < -0.4 is 10.6 Å². The zero-order valence-corrected chi connectivity index (χ0v) is 23.9. The molecule has 13 heteroatoms. The van der Waals surface area contributed by atoms with Gasteiger partial charge in [0.05, 0.1) is 23.2 Å². The average molecular weight is 594 g/mol. The molecule has 1 aliphatic rings. The van der Waals surface area contributed by atoms with E-state index in [1.807, 2.05) is 5.38 Å². The van der Waals surface area contributed by atoms with Crippen LogP contribution >= 0.6 is 23.1 Å². The Kier molecular flexibility index (Phi) is 8.93. The molecule has 0 unspecified atom stereocenters. The molecule has 3 heterocycles. The molecule has 2 N–H and O–H groups in total. The van der Waals surface area contributed by atoms with Gasteiger partial charge in [-0.2, -0.15) is 13.2 Å². The number of aromatic nitrogens is 2. The number of hydrogen-bond acceptors (Lipinski definition) is 8. The number of nitrogens with one attached hydrogen (secondary N) is 2. The molecule has 8 nitrogen and oxygen atoms in total. The molecule has 1 saturated heterocycles.